The van der Waals surface area contributed by atoms with E-state index in [2.05, 4.69) is 10.3 Å². The van der Waals surface area contributed by atoms with Gasteiger partial charge in [-0.15, -0.1) is 11.3 Å². The lowest BCUT2D eigenvalue weighted by molar-refractivity contribution is -0.122. The average molecular weight is 345 g/mol. The van der Waals surface area contributed by atoms with Crippen LogP contribution in [-0.2, 0) is 11.3 Å². The second-order valence-corrected chi connectivity index (χ2v) is 6.25. The highest BCUT2D eigenvalue weighted by Gasteiger charge is 2.17. The van der Waals surface area contributed by atoms with Gasteiger partial charge >= 0.3 is 0 Å². The molecule has 0 radical (unpaired) electrons. The van der Waals surface area contributed by atoms with E-state index in [9.17, 15) is 4.79 Å². The highest BCUT2D eigenvalue weighted by atomic mass is 32.1. The lowest BCUT2D eigenvalue weighted by Crippen LogP contribution is -2.27. The number of rotatable bonds is 6. The molecule has 0 saturated carbocycles. The predicted octanol–water partition coefficient (Wildman–Crippen LogP) is 2.83. The fourth-order valence-electron chi connectivity index (χ4n) is 2.47. The quantitative estimate of drug-likeness (QED) is 0.746. The minimum absolute atomic E-state index is 0.0569. The summed E-state index contributed by atoms with van der Waals surface area (Å²) in [5.41, 5.74) is 1.71. The second-order valence-electron chi connectivity index (χ2n) is 5.38. The van der Waals surface area contributed by atoms with E-state index in [4.69, 9.17) is 9.47 Å². The van der Waals surface area contributed by atoms with Crippen molar-refractivity contribution in [2.24, 2.45) is 0 Å². The molecule has 2 aromatic heterocycles. The van der Waals surface area contributed by atoms with Gasteiger partial charge in [-0.2, -0.15) is 0 Å². The van der Waals surface area contributed by atoms with Crippen molar-refractivity contribution >= 4 is 22.2 Å². The van der Waals surface area contributed by atoms with Gasteiger partial charge in [-0.1, -0.05) is 6.07 Å². The Bertz CT molecular complexity index is 827. The Labute approximate surface area is 144 Å². The maximum Gasteiger partial charge on any atom is 0.227 e. The average Bonchev–Trinajstić information content (AvgIpc) is 3.19. The number of amides is 1. The minimum Gasteiger partial charge on any atom is -0.493 e. The van der Waals surface area contributed by atoms with Crippen molar-refractivity contribution in [2.75, 3.05) is 14.2 Å². The highest BCUT2D eigenvalue weighted by Crippen LogP contribution is 2.30. The van der Waals surface area contributed by atoms with Gasteiger partial charge in [0.05, 0.1) is 32.4 Å². The molecular weight excluding hydrogens is 326 g/mol. The number of carbonyl (C=O) groups is 1. The van der Waals surface area contributed by atoms with E-state index in [-0.39, 0.29) is 11.8 Å². The monoisotopic (exact) mass is 345 g/mol. The zero-order valence-electron chi connectivity index (χ0n) is 13.8. The molecule has 0 aliphatic carbocycles. The number of aromatic nitrogens is 2. The van der Waals surface area contributed by atoms with Crippen LogP contribution in [0.25, 0.3) is 4.96 Å². The molecule has 3 aromatic rings. The summed E-state index contributed by atoms with van der Waals surface area (Å²) in [5.74, 6) is 0.906. The van der Waals surface area contributed by atoms with Crippen LogP contribution in [0, 0.1) is 0 Å². The molecule has 6 nitrogen and oxygen atoms in total. The first-order valence-electron chi connectivity index (χ1n) is 7.53. The van der Waals surface area contributed by atoms with Gasteiger partial charge in [0.15, 0.2) is 16.5 Å². The summed E-state index contributed by atoms with van der Waals surface area (Å²) < 4.78 is 12.5. The Hall–Kier alpha value is -2.54. The number of nitrogens with zero attached hydrogens (tertiary/aromatic N) is 2. The van der Waals surface area contributed by atoms with Crippen LogP contribution in [0.2, 0.25) is 0 Å². The zero-order valence-corrected chi connectivity index (χ0v) is 14.6. The van der Waals surface area contributed by atoms with Crippen molar-refractivity contribution in [3.63, 3.8) is 0 Å². The van der Waals surface area contributed by atoms with E-state index in [1.54, 1.807) is 31.6 Å². The number of imidazole rings is 1. The standard InChI is InChI=1S/C17H19N3O3S/c1-11(12-4-5-14(22-2)15(8-12)23-3)16(21)18-9-13-10-20-6-7-24-17(20)19-13/h4-8,10-11H,9H2,1-3H3,(H,18,21). The second kappa shape index (κ2) is 6.92. The number of ether oxygens (including phenoxy) is 2. The topological polar surface area (TPSA) is 64.9 Å². The van der Waals surface area contributed by atoms with E-state index in [0.29, 0.717) is 18.0 Å². The predicted molar refractivity (Wildman–Crippen MR) is 92.9 cm³/mol. The molecule has 7 heteroatoms. The Morgan fingerprint density at radius 3 is 2.83 bits per heavy atom. The normalized spacial score (nSPS) is 12.1. The molecule has 24 heavy (non-hydrogen) atoms. The molecule has 3 rings (SSSR count). The fourth-order valence-corrected chi connectivity index (χ4v) is 3.18. The first-order valence-corrected chi connectivity index (χ1v) is 8.41. The molecule has 0 spiro atoms. The van der Waals surface area contributed by atoms with Crippen molar-refractivity contribution in [1.82, 2.24) is 14.7 Å². The third-order valence-electron chi connectivity index (χ3n) is 3.89. The molecular formula is C17H19N3O3S. The van der Waals surface area contributed by atoms with Crippen LogP contribution in [0.15, 0.2) is 36.0 Å². The van der Waals surface area contributed by atoms with Crippen LogP contribution in [-0.4, -0.2) is 29.5 Å². The smallest absolute Gasteiger partial charge is 0.227 e. The van der Waals surface area contributed by atoms with E-state index in [1.165, 1.54) is 0 Å². The number of nitrogens with one attached hydrogen (secondary N) is 1. The number of carbonyl (C=O) groups excluding carboxylic acids is 1. The summed E-state index contributed by atoms with van der Waals surface area (Å²) in [6.45, 7) is 2.27. The highest BCUT2D eigenvalue weighted by molar-refractivity contribution is 7.15. The van der Waals surface area contributed by atoms with Gasteiger partial charge in [-0.3, -0.25) is 9.20 Å². The maximum absolute atomic E-state index is 12.4. The van der Waals surface area contributed by atoms with Gasteiger partial charge in [0.25, 0.3) is 0 Å². The molecule has 126 valence electrons. The van der Waals surface area contributed by atoms with E-state index >= 15 is 0 Å². The summed E-state index contributed by atoms with van der Waals surface area (Å²) in [6.07, 6.45) is 3.87. The van der Waals surface area contributed by atoms with Gasteiger partial charge in [-0.25, -0.2) is 4.98 Å². The third kappa shape index (κ3) is 3.21. The summed E-state index contributed by atoms with van der Waals surface area (Å²) in [7, 11) is 3.17. The summed E-state index contributed by atoms with van der Waals surface area (Å²) in [6, 6.07) is 5.51. The number of hydrogen-bond donors (Lipinski definition) is 1. The molecule has 1 unspecified atom stereocenters. The van der Waals surface area contributed by atoms with Gasteiger partial charge in [0.2, 0.25) is 5.91 Å². The lowest BCUT2D eigenvalue weighted by atomic mass is 10.00. The molecule has 1 aromatic carbocycles. The maximum atomic E-state index is 12.4. The Morgan fingerprint density at radius 2 is 2.12 bits per heavy atom. The van der Waals surface area contributed by atoms with Gasteiger partial charge in [0, 0.05) is 17.8 Å². The van der Waals surface area contributed by atoms with Crippen LogP contribution in [0.4, 0.5) is 0 Å². The molecule has 0 aliphatic heterocycles. The van der Waals surface area contributed by atoms with Crippen LogP contribution < -0.4 is 14.8 Å². The van der Waals surface area contributed by atoms with Crippen molar-refractivity contribution in [1.29, 1.82) is 0 Å². The number of benzene rings is 1. The van der Waals surface area contributed by atoms with Gasteiger partial charge in [0.1, 0.15) is 0 Å². The van der Waals surface area contributed by atoms with Gasteiger partial charge in [-0.05, 0) is 24.6 Å². The van der Waals surface area contributed by atoms with Crippen LogP contribution >= 0.6 is 11.3 Å². The first kappa shape index (κ1) is 16.3. The van der Waals surface area contributed by atoms with Crippen LogP contribution in [0.3, 0.4) is 0 Å². The summed E-state index contributed by atoms with van der Waals surface area (Å²) in [5, 5.41) is 4.91. The van der Waals surface area contributed by atoms with E-state index < -0.39 is 0 Å². The van der Waals surface area contributed by atoms with Crippen molar-refractivity contribution in [3.05, 3.63) is 47.2 Å². The van der Waals surface area contributed by atoms with E-state index in [1.807, 2.05) is 41.2 Å². The molecule has 0 fully saturated rings. The number of hydrogen-bond acceptors (Lipinski definition) is 5. The third-order valence-corrected chi connectivity index (χ3v) is 4.66. The Morgan fingerprint density at radius 1 is 1.33 bits per heavy atom. The van der Waals surface area contributed by atoms with Crippen molar-refractivity contribution in [2.45, 2.75) is 19.4 Å². The lowest BCUT2D eigenvalue weighted by Gasteiger charge is -2.14. The molecule has 1 amide bonds. The minimum atomic E-state index is -0.298. The number of thiazole rings is 1. The number of fused-ring (bicyclic) bond motifs is 1. The van der Waals surface area contributed by atoms with E-state index in [0.717, 1.165) is 16.2 Å². The van der Waals surface area contributed by atoms with Crippen LogP contribution in [0.5, 0.6) is 11.5 Å². The molecule has 0 aliphatic rings. The summed E-state index contributed by atoms with van der Waals surface area (Å²) >= 11 is 1.57. The zero-order chi connectivity index (χ0) is 17.1. The van der Waals surface area contributed by atoms with Crippen LogP contribution in [0.1, 0.15) is 24.1 Å². The Balaban J connectivity index is 1.66. The molecule has 2 heterocycles. The summed E-state index contributed by atoms with van der Waals surface area (Å²) in [4.78, 5) is 17.8. The first-order chi connectivity index (χ1) is 11.6. The molecule has 1 atom stereocenters. The van der Waals surface area contributed by atoms with Crippen molar-refractivity contribution in [3.8, 4) is 11.5 Å². The SMILES string of the molecule is COc1ccc(C(C)C(=O)NCc2cn3ccsc3n2)cc1OC. The fraction of sp³-hybridized carbons (Fsp3) is 0.294. The Kier molecular flexibility index (Phi) is 4.71. The van der Waals surface area contributed by atoms with Gasteiger partial charge < -0.3 is 14.8 Å². The molecule has 0 bridgehead atoms. The van der Waals surface area contributed by atoms with Crippen molar-refractivity contribution < 1.29 is 14.3 Å². The molecule has 1 N–H and O–H groups in total. The molecule has 0 saturated heterocycles. The largest absolute Gasteiger partial charge is 0.493 e. The number of methoxy groups -OCH3 is 2.